The lowest BCUT2D eigenvalue weighted by molar-refractivity contribution is 0.589. The van der Waals surface area contributed by atoms with Gasteiger partial charge >= 0.3 is 0 Å². The molecule has 106 valence electrons. The Bertz CT molecular complexity index is 524. The number of pyridine rings is 1. The monoisotopic (exact) mass is 268 g/mol. The number of nitrogens with two attached hydrogens (primary N) is 1. The highest BCUT2D eigenvalue weighted by molar-refractivity contribution is 5.30. The van der Waals surface area contributed by atoms with Crippen molar-refractivity contribution >= 4 is 0 Å². The van der Waals surface area contributed by atoms with E-state index in [4.69, 9.17) is 5.73 Å². The maximum Gasteiger partial charge on any atom is 0.0270 e. The van der Waals surface area contributed by atoms with Crippen molar-refractivity contribution in [2.75, 3.05) is 6.54 Å². The number of aromatic nitrogens is 1. The lowest BCUT2D eigenvalue weighted by Crippen LogP contribution is -2.16. The van der Waals surface area contributed by atoms with Gasteiger partial charge in [-0.15, -0.1) is 0 Å². The number of nitrogens with zero attached hydrogens (tertiary/aromatic N) is 1. The van der Waals surface area contributed by atoms with Crippen molar-refractivity contribution < 1.29 is 0 Å². The zero-order valence-electron chi connectivity index (χ0n) is 12.6. The predicted octanol–water partition coefficient (Wildman–Crippen LogP) is 3.66. The zero-order valence-corrected chi connectivity index (χ0v) is 12.6. The molecule has 0 aliphatic carbocycles. The molecule has 0 fully saturated rings. The van der Waals surface area contributed by atoms with E-state index in [0.717, 1.165) is 6.42 Å². The van der Waals surface area contributed by atoms with Crippen LogP contribution in [0.3, 0.4) is 0 Å². The molecule has 1 atom stereocenters. The topological polar surface area (TPSA) is 38.9 Å². The maximum atomic E-state index is 5.96. The first-order valence-corrected chi connectivity index (χ1v) is 7.20. The van der Waals surface area contributed by atoms with E-state index in [1.165, 1.54) is 16.7 Å². The molecule has 1 aromatic carbocycles. The summed E-state index contributed by atoms with van der Waals surface area (Å²) >= 11 is 0. The molecule has 0 radical (unpaired) electrons. The van der Waals surface area contributed by atoms with E-state index in [2.05, 4.69) is 62.2 Å². The van der Waals surface area contributed by atoms with Crippen LogP contribution in [0.4, 0.5) is 0 Å². The van der Waals surface area contributed by atoms with Crippen LogP contribution in [0.25, 0.3) is 0 Å². The smallest absolute Gasteiger partial charge is 0.0270 e. The number of benzene rings is 1. The van der Waals surface area contributed by atoms with Gasteiger partial charge in [-0.2, -0.15) is 0 Å². The van der Waals surface area contributed by atoms with Crippen molar-refractivity contribution in [1.82, 2.24) is 4.98 Å². The molecule has 0 bridgehead atoms. The van der Waals surface area contributed by atoms with Crippen molar-refractivity contribution in [2.24, 2.45) is 5.73 Å². The molecule has 0 aliphatic heterocycles. The normalized spacial score (nSPS) is 13.2. The van der Waals surface area contributed by atoms with Gasteiger partial charge in [0.2, 0.25) is 0 Å². The fourth-order valence-corrected chi connectivity index (χ4v) is 2.40. The van der Waals surface area contributed by atoms with Crippen molar-refractivity contribution in [1.29, 1.82) is 0 Å². The van der Waals surface area contributed by atoms with Crippen molar-refractivity contribution in [3.05, 3.63) is 65.5 Å². The SMILES string of the molecule is CC(C)(C)c1ccc(C(CN)Cc2ccncc2)cc1. The first-order chi connectivity index (χ1) is 9.50. The first kappa shape index (κ1) is 14.7. The van der Waals surface area contributed by atoms with Gasteiger partial charge in [0.15, 0.2) is 0 Å². The summed E-state index contributed by atoms with van der Waals surface area (Å²) < 4.78 is 0. The highest BCUT2D eigenvalue weighted by atomic mass is 14.6. The molecule has 1 unspecified atom stereocenters. The van der Waals surface area contributed by atoms with Crippen molar-refractivity contribution in [2.45, 2.75) is 38.5 Å². The van der Waals surface area contributed by atoms with Crippen molar-refractivity contribution in [3.63, 3.8) is 0 Å². The molecule has 2 rings (SSSR count). The zero-order chi connectivity index (χ0) is 14.6. The fourth-order valence-electron chi connectivity index (χ4n) is 2.40. The Labute approximate surface area is 122 Å². The van der Waals surface area contributed by atoms with Gasteiger partial charge in [-0.25, -0.2) is 0 Å². The second-order valence-corrected chi connectivity index (χ2v) is 6.36. The van der Waals surface area contributed by atoms with Gasteiger partial charge in [0, 0.05) is 18.3 Å². The average Bonchev–Trinajstić information content (AvgIpc) is 2.45. The fraction of sp³-hybridized carbons (Fsp3) is 0.389. The third kappa shape index (κ3) is 3.67. The molecule has 0 saturated carbocycles. The van der Waals surface area contributed by atoms with Gasteiger partial charge in [0.1, 0.15) is 0 Å². The molecular weight excluding hydrogens is 244 g/mol. The molecule has 0 aliphatic rings. The lowest BCUT2D eigenvalue weighted by atomic mass is 9.84. The summed E-state index contributed by atoms with van der Waals surface area (Å²) in [6.07, 6.45) is 4.64. The molecule has 0 saturated heterocycles. The van der Waals surface area contributed by atoms with Gasteiger partial charge < -0.3 is 5.73 Å². The molecule has 2 heteroatoms. The summed E-state index contributed by atoms with van der Waals surface area (Å²) in [5, 5.41) is 0. The number of rotatable bonds is 4. The first-order valence-electron chi connectivity index (χ1n) is 7.20. The van der Waals surface area contributed by atoms with E-state index in [1.807, 2.05) is 12.4 Å². The largest absolute Gasteiger partial charge is 0.330 e. The Hall–Kier alpha value is -1.67. The molecule has 2 nitrogen and oxygen atoms in total. The summed E-state index contributed by atoms with van der Waals surface area (Å²) in [6.45, 7) is 7.37. The van der Waals surface area contributed by atoms with Crippen LogP contribution in [-0.4, -0.2) is 11.5 Å². The average molecular weight is 268 g/mol. The van der Waals surface area contributed by atoms with Crippen LogP contribution in [0.1, 0.15) is 43.4 Å². The molecule has 0 spiro atoms. The Kier molecular flexibility index (Phi) is 4.56. The standard InChI is InChI=1S/C18H24N2/c1-18(2,3)17-6-4-15(5-7-17)16(13-19)12-14-8-10-20-11-9-14/h4-11,16H,12-13,19H2,1-3H3. The molecule has 2 N–H and O–H groups in total. The summed E-state index contributed by atoms with van der Waals surface area (Å²) in [5.41, 5.74) is 10.1. The third-order valence-corrected chi connectivity index (χ3v) is 3.76. The highest BCUT2D eigenvalue weighted by Crippen LogP contribution is 2.25. The Morgan fingerprint density at radius 3 is 2.10 bits per heavy atom. The highest BCUT2D eigenvalue weighted by Gasteiger charge is 2.15. The van der Waals surface area contributed by atoms with Gasteiger partial charge in [-0.3, -0.25) is 4.98 Å². The molecule has 2 aromatic rings. The summed E-state index contributed by atoms with van der Waals surface area (Å²) in [7, 11) is 0. The van der Waals surface area contributed by atoms with Gasteiger partial charge in [0.05, 0.1) is 0 Å². The van der Waals surface area contributed by atoms with Crippen LogP contribution in [0.15, 0.2) is 48.8 Å². The summed E-state index contributed by atoms with van der Waals surface area (Å²) in [6, 6.07) is 13.0. The van der Waals surface area contributed by atoms with Gasteiger partial charge in [0.25, 0.3) is 0 Å². The van der Waals surface area contributed by atoms with Crippen LogP contribution in [0, 0.1) is 0 Å². The van der Waals surface area contributed by atoms with E-state index in [-0.39, 0.29) is 5.41 Å². The predicted molar refractivity (Wildman–Crippen MR) is 84.9 cm³/mol. The second-order valence-electron chi connectivity index (χ2n) is 6.36. The van der Waals surface area contributed by atoms with E-state index in [1.54, 1.807) is 0 Å². The van der Waals surface area contributed by atoms with Crippen LogP contribution in [-0.2, 0) is 11.8 Å². The van der Waals surface area contributed by atoms with Crippen LogP contribution >= 0.6 is 0 Å². The van der Waals surface area contributed by atoms with E-state index in [9.17, 15) is 0 Å². The number of hydrogen-bond donors (Lipinski definition) is 1. The van der Waals surface area contributed by atoms with Crippen LogP contribution < -0.4 is 5.73 Å². The van der Waals surface area contributed by atoms with Gasteiger partial charge in [-0.1, -0.05) is 45.0 Å². The number of hydrogen-bond acceptors (Lipinski definition) is 2. The third-order valence-electron chi connectivity index (χ3n) is 3.76. The van der Waals surface area contributed by atoms with Crippen LogP contribution in [0.5, 0.6) is 0 Å². The minimum Gasteiger partial charge on any atom is -0.330 e. The molecule has 20 heavy (non-hydrogen) atoms. The Morgan fingerprint density at radius 1 is 1.00 bits per heavy atom. The molecular formula is C18H24N2. The van der Waals surface area contributed by atoms with Crippen molar-refractivity contribution in [3.8, 4) is 0 Å². The minimum absolute atomic E-state index is 0.196. The van der Waals surface area contributed by atoms with E-state index >= 15 is 0 Å². The summed E-state index contributed by atoms with van der Waals surface area (Å²) in [4.78, 5) is 4.06. The van der Waals surface area contributed by atoms with Gasteiger partial charge in [-0.05, 0) is 47.2 Å². The Morgan fingerprint density at radius 2 is 1.60 bits per heavy atom. The molecule has 1 heterocycles. The van der Waals surface area contributed by atoms with Crippen LogP contribution in [0.2, 0.25) is 0 Å². The van der Waals surface area contributed by atoms with E-state index in [0.29, 0.717) is 12.5 Å². The molecule has 0 amide bonds. The summed E-state index contributed by atoms with van der Waals surface area (Å²) in [5.74, 6) is 0.367. The quantitative estimate of drug-likeness (QED) is 0.919. The Balaban J connectivity index is 2.16. The minimum atomic E-state index is 0.196. The molecule has 1 aromatic heterocycles. The maximum absolute atomic E-state index is 5.96. The van der Waals surface area contributed by atoms with E-state index < -0.39 is 0 Å². The lowest BCUT2D eigenvalue weighted by Gasteiger charge is -2.21. The second kappa shape index (κ2) is 6.19.